The number of ketones is 1. The van der Waals surface area contributed by atoms with E-state index in [9.17, 15) is 9.90 Å². The first kappa shape index (κ1) is 9.72. The Balaban J connectivity index is 2.73. The topological polar surface area (TPSA) is 37.3 Å². The van der Waals surface area contributed by atoms with E-state index in [0.29, 0.717) is 6.42 Å². The zero-order chi connectivity index (χ0) is 9.19. The molecule has 0 bridgehead atoms. The van der Waals surface area contributed by atoms with Gasteiger partial charge >= 0.3 is 0 Å². The Morgan fingerprint density at radius 2 is 2.33 bits per heavy atom. The highest BCUT2D eigenvalue weighted by molar-refractivity contribution is 5.85. The average molecular weight is 170 g/mol. The number of rotatable bonds is 2. The summed E-state index contributed by atoms with van der Waals surface area (Å²) in [4.78, 5) is 11.6. The van der Waals surface area contributed by atoms with Crippen LogP contribution in [-0.4, -0.2) is 17.0 Å². The van der Waals surface area contributed by atoms with Gasteiger partial charge in [-0.25, -0.2) is 0 Å². The van der Waals surface area contributed by atoms with Gasteiger partial charge in [-0.3, -0.25) is 4.79 Å². The van der Waals surface area contributed by atoms with Gasteiger partial charge < -0.3 is 5.11 Å². The van der Waals surface area contributed by atoms with Crippen molar-refractivity contribution in [3.8, 4) is 0 Å². The second-order valence-electron chi connectivity index (χ2n) is 4.00. The van der Waals surface area contributed by atoms with Crippen LogP contribution >= 0.6 is 0 Å². The Bertz CT molecular complexity index is 177. The van der Waals surface area contributed by atoms with Gasteiger partial charge in [0.1, 0.15) is 5.78 Å². The predicted molar refractivity (Wildman–Crippen MR) is 47.9 cm³/mol. The molecule has 1 rings (SSSR count). The molecule has 1 saturated carbocycles. The minimum absolute atomic E-state index is 0.253. The predicted octanol–water partition coefficient (Wildman–Crippen LogP) is 1.91. The van der Waals surface area contributed by atoms with Gasteiger partial charge in [0, 0.05) is 6.42 Å². The third kappa shape index (κ3) is 1.53. The molecule has 1 aliphatic carbocycles. The Hall–Kier alpha value is -0.370. The van der Waals surface area contributed by atoms with Crippen LogP contribution in [0.25, 0.3) is 0 Å². The maximum atomic E-state index is 11.6. The number of aliphatic hydroxyl groups is 1. The fourth-order valence-corrected chi connectivity index (χ4v) is 2.07. The first-order chi connectivity index (χ1) is 5.61. The van der Waals surface area contributed by atoms with E-state index in [4.69, 9.17) is 0 Å². The monoisotopic (exact) mass is 170 g/mol. The van der Waals surface area contributed by atoms with E-state index in [2.05, 4.69) is 6.92 Å². The number of carbonyl (C=O) groups excluding carboxylic acids is 1. The SMILES string of the molecule is CCC[C@@]1(C)C(=O)CCC[C@H]1O. The molecule has 0 radical (unpaired) electrons. The quantitative estimate of drug-likeness (QED) is 0.687. The maximum absolute atomic E-state index is 11.6. The van der Waals surface area contributed by atoms with Crippen LogP contribution in [0.1, 0.15) is 46.0 Å². The first-order valence-corrected chi connectivity index (χ1v) is 4.82. The van der Waals surface area contributed by atoms with Crippen LogP contribution in [0.4, 0.5) is 0 Å². The Labute approximate surface area is 74.0 Å². The summed E-state index contributed by atoms with van der Waals surface area (Å²) in [7, 11) is 0. The van der Waals surface area contributed by atoms with Crippen LogP contribution in [0, 0.1) is 5.41 Å². The number of hydrogen-bond acceptors (Lipinski definition) is 2. The lowest BCUT2D eigenvalue weighted by Gasteiger charge is -2.36. The van der Waals surface area contributed by atoms with Crippen molar-refractivity contribution in [3.63, 3.8) is 0 Å². The summed E-state index contributed by atoms with van der Waals surface area (Å²) in [6.45, 7) is 3.96. The molecule has 0 aliphatic heterocycles. The summed E-state index contributed by atoms with van der Waals surface area (Å²) in [5, 5.41) is 9.71. The second kappa shape index (κ2) is 3.56. The van der Waals surface area contributed by atoms with Crippen LogP contribution in [0.15, 0.2) is 0 Å². The van der Waals surface area contributed by atoms with Crippen molar-refractivity contribution in [3.05, 3.63) is 0 Å². The van der Waals surface area contributed by atoms with Crippen molar-refractivity contribution in [2.24, 2.45) is 5.41 Å². The molecule has 12 heavy (non-hydrogen) atoms. The molecule has 0 saturated heterocycles. The second-order valence-corrected chi connectivity index (χ2v) is 4.00. The smallest absolute Gasteiger partial charge is 0.141 e. The van der Waals surface area contributed by atoms with Gasteiger partial charge in [0.2, 0.25) is 0 Å². The van der Waals surface area contributed by atoms with Gasteiger partial charge in [-0.05, 0) is 19.3 Å². The largest absolute Gasteiger partial charge is 0.392 e. The Kier molecular flexibility index (Phi) is 2.89. The number of carbonyl (C=O) groups is 1. The first-order valence-electron chi connectivity index (χ1n) is 4.82. The number of Topliss-reactive ketones (excluding diaryl/α,β-unsaturated/α-hetero) is 1. The van der Waals surface area contributed by atoms with E-state index < -0.39 is 11.5 Å². The van der Waals surface area contributed by atoms with Crippen molar-refractivity contribution < 1.29 is 9.90 Å². The van der Waals surface area contributed by atoms with E-state index in [1.54, 1.807) is 0 Å². The minimum Gasteiger partial charge on any atom is -0.392 e. The molecule has 70 valence electrons. The molecule has 0 aromatic carbocycles. The lowest BCUT2D eigenvalue weighted by Crippen LogP contribution is -2.43. The molecule has 2 nitrogen and oxygen atoms in total. The molecular formula is C10H18O2. The van der Waals surface area contributed by atoms with Crippen LogP contribution in [0.2, 0.25) is 0 Å². The van der Waals surface area contributed by atoms with E-state index >= 15 is 0 Å². The number of aliphatic hydroxyl groups excluding tert-OH is 1. The standard InChI is InChI=1S/C10H18O2/c1-3-7-10(2)8(11)5-4-6-9(10)12/h8,11H,3-7H2,1-2H3/t8-,10-/m1/s1. The van der Waals surface area contributed by atoms with Gasteiger partial charge in [-0.2, -0.15) is 0 Å². The fraction of sp³-hybridized carbons (Fsp3) is 0.900. The third-order valence-corrected chi connectivity index (χ3v) is 3.02. The van der Waals surface area contributed by atoms with Crippen molar-refractivity contribution >= 4 is 5.78 Å². The normalized spacial score (nSPS) is 36.9. The molecule has 2 atom stereocenters. The van der Waals surface area contributed by atoms with Crippen molar-refractivity contribution in [2.75, 3.05) is 0 Å². The van der Waals surface area contributed by atoms with Crippen molar-refractivity contribution in [1.82, 2.24) is 0 Å². The zero-order valence-electron chi connectivity index (χ0n) is 7.97. The number of hydrogen-bond donors (Lipinski definition) is 1. The van der Waals surface area contributed by atoms with Crippen molar-refractivity contribution in [1.29, 1.82) is 0 Å². The molecule has 0 amide bonds. The van der Waals surface area contributed by atoms with Gasteiger partial charge in [-0.1, -0.05) is 20.3 Å². The molecule has 1 aliphatic rings. The molecule has 0 aromatic heterocycles. The van der Waals surface area contributed by atoms with E-state index in [1.165, 1.54) is 0 Å². The summed E-state index contributed by atoms with van der Waals surface area (Å²) in [5.74, 6) is 0.253. The van der Waals surface area contributed by atoms with Crippen LogP contribution in [0.3, 0.4) is 0 Å². The molecule has 2 heteroatoms. The average Bonchev–Trinajstić information content (AvgIpc) is 2.02. The Morgan fingerprint density at radius 3 is 2.83 bits per heavy atom. The zero-order valence-corrected chi connectivity index (χ0v) is 7.97. The third-order valence-electron chi connectivity index (χ3n) is 3.02. The Morgan fingerprint density at radius 1 is 1.67 bits per heavy atom. The highest BCUT2D eigenvalue weighted by Gasteiger charge is 2.41. The lowest BCUT2D eigenvalue weighted by molar-refractivity contribution is -0.139. The van der Waals surface area contributed by atoms with E-state index in [-0.39, 0.29) is 5.78 Å². The van der Waals surface area contributed by atoms with Gasteiger partial charge in [0.25, 0.3) is 0 Å². The summed E-state index contributed by atoms with van der Waals surface area (Å²) in [6.07, 6.45) is 3.71. The molecule has 1 fully saturated rings. The lowest BCUT2D eigenvalue weighted by atomic mass is 9.70. The summed E-state index contributed by atoms with van der Waals surface area (Å²) in [6, 6.07) is 0. The maximum Gasteiger partial charge on any atom is 0.141 e. The van der Waals surface area contributed by atoms with Crippen LogP contribution < -0.4 is 0 Å². The summed E-state index contributed by atoms with van der Waals surface area (Å²) in [5.41, 5.74) is -0.437. The van der Waals surface area contributed by atoms with E-state index in [1.807, 2.05) is 6.92 Å². The fourth-order valence-electron chi connectivity index (χ4n) is 2.07. The molecule has 0 spiro atoms. The van der Waals surface area contributed by atoms with Crippen LogP contribution in [0.5, 0.6) is 0 Å². The van der Waals surface area contributed by atoms with E-state index in [0.717, 1.165) is 25.7 Å². The minimum atomic E-state index is -0.437. The molecule has 0 heterocycles. The van der Waals surface area contributed by atoms with Gasteiger partial charge in [0.05, 0.1) is 11.5 Å². The molecule has 0 unspecified atom stereocenters. The van der Waals surface area contributed by atoms with Gasteiger partial charge in [0.15, 0.2) is 0 Å². The van der Waals surface area contributed by atoms with Crippen LogP contribution in [-0.2, 0) is 4.79 Å². The summed E-state index contributed by atoms with van der Waals surface area (Å²) >= 11 is 0. The highest BCUT2D eigenvalue weighted by Crippen LogP contribution is 2.36. The molecule has 1 N–H and O–H groups in total. The molecule has 0 aromatic rings. The molecular weight excluding hydrogens is 152 g/mol. The van der Waals surface area contributed by atoms with Gasteiger partial charge in [-0.15, -0.1) is 0 Å². The van der Waals surface area contributed by atoms with Crippen molar-refractivity contribution in [2.45, 2.75) is 52.1 Å². The summed E-state index contributed by atoms with van der Waals surface area (Å²) < 4.78 is 0. The highest BCUT2D eigenvalue weighted by atomic mass is 16.3.